The standard InChI is InChI=1S/C24H22ClFN4OS2/c1-15-5-8-18(25)12-21(15)30-23(16(2)27-22(31)13-20-4-3-11-32-20)28-29-24(30)33-14-17-6-9-19(26)10-7-17/h3-12,16H,13-14H2,1-2H3,(H,27,31). The van der Waals surface area contributed by atoms with Crippen LogP contribution < -0.4 is 5.32 Å². The normalized spacial score (nSPS) is 12.0. The summed E-state index contributed by atoms with van der Waals surface area (Å²) in [6, 6.07) is 15.5. The van der Waals surface area contributed by atoms with Crippen molar-refractivity contribution in [2.45, 2.75) is 37.2 Å². The molecule has 2 aromatic heterocycles. The van der Waals surface area contributed by atoms with E-state index < -0.39 is 0 Å². The Morgan fingerprint density at radius 1 is 1.21 bits per heavy atom. The van der Waals surface area contributed by atoms with Gasteiger partial charge in [-0.2, -0.15) is 0 Å². The molecule has 33 heavy (non-hydrogen) atoms. The fourth-order valence-electron chi connectivity index (χ4n) is 3.36. The van der Waals surface area contributed by atoms with Crippen LogP contribution in [-0.4, -0.2) is 20.7 Å². The fourth-order valence-corrected chi connectivity index (χ4v) is 5.14. The molecular weight excluding hydrogens is 479 g/mol. The number of thiophene rings is 1. The largest absolute Gasteiger partial charge is 0.346 e. The molecule has 0 aliphatic heterocycles. The number of amides is 1. The number of carbonyl (C=O) groups is 1. The van der Waals surface area contributed by atoms with Crippen LogP contribution in [0.3, 0.4) is 0 Å². The van der Waals surface area contributed by atoms with Crippen molar-refractivity contribution >= 4 is 40.6 Å². The molecule has 1 N–H and O–H groups in total. The molecule has 170 valence electrons. The lowest BCUT2D eigenvalue weighted by atomic mass is 10.2. The Bertz CT molecular complexity index is 1240. The maximum absolute atomic E-state index is 13.3. The quantitative estimate of drug-likeness (QED) is 0.295. The van der Waals surface area contributed by atoms with Crippen LogP contribution in [-0.2, 0) is 17.0 Å². The topological polar surface area (TPSA) is 59.8 Å². The molecule has 1 amide bonds. The summed E-state index contributed by atoms with van der Waals surface area (Å²) in [6.45, 7) is 3.88. The Kier molecular flexibility index (Phi) is 7.47. The van der Waals surface area contributed by atoms with E-state index in [-0.39, 0.29) is 17.8 Å². The van der Waals surface area contributed by atoms with Gasteiger partial charge in [-0.15, -0.1) is 21.5 Å². The van der Waals surface area contributed by atoms with Crippen LogP contribution in [0.15, 0.2) is 65.1 Å². The van der Waals surface area contributed by atoms with Crippen LogP contribution in [0.5, 0.6) is 0 Å². The number of thioether (sulfide) groups is 1. The van der Waals surface area contributed by atoms with Crippen LogP contribution in [0, 0.1) is 12.7 Å². The first kappa shape index (κ1) is 23.5. The highest BCUT2D eigenvalue weighted by Gasteiger charge is 2.22. The lowest BCUT2D eigenvalue weighted by Gasteiger charge is -2.18. The van der Waals surface area contributed by atoms with E-state index in [0.29, 0.717) is 28.2 Å². The molecule has 2 heterocycles. The summed E-state index contributed by atoms with van der Waals surface area (Å²) in [7, 11) is 0. The first-order valence-corrected chi connectivity index (χ1v) is 12.6. The van der Waals surface area contributed by atoms with Gasteiger partial charge in [0.25, 0.3) is 0 Å². The van der Waals surface area contributed by atoms with Gasteiger partial charge >= 0.3 is 0 Å². The molecule has 0 saturated carbocycles. The van der Waals surface area contributed by atoms with Crippen molar-refractivity contribution in [3.63, 3.8) is 0 Å². The number of hydrogen-bond acceptors (Lipinski definition) is 5. The van der Waals surface area contributed by atoms with E-state index in [4.69, 9.17) is 11.6 Å². The van der Waals surface area contributed by atoms with Crippen LogP contribution in [0.2, 0.25) is 5.02 Å². The van der Waals surface area contributed by atoms with Gasteiger partial charge in [0.1, 0.15) is 5.82 Å². The number of halogens is 2. The van der Waals surface area contributed by atoms with Crippen molar-refractivity contribution in [2.75, 3.05) is 0 Å². The number of carbonyl (C=O) groups excluding carboxylic acids is 1. The predicted molar refractivity (Wildman–Crippen MR) is 132 cm³/mol. The summed E-state index contributed by atoms with van der Waals surface area (Å²) >= 11 is 9.35. The number of rotatable bonds is 8. The third kappa shape index (κ3) is 5.82. The van der Waals surface area contributed by atoms with Crippen molar-refractivity contribution in [3.05, 3.63) is 92.6 Å². The van der Waals surface area contributed by atoms with Crippen molar-refractivity contribution in [2.24, 2.45) is 0 Å². The molecule has 9 heteroatoms. The number of benzene rings is 2. The number of nitrogens with zero attached hydrogens (tertiary/aromatic N) is 3. The summed E-state index contributed by atoms with van der Waals surface area (Å²) in [4.78, 5) is 13.6. The molecule has 1 unspecified atom stereocenters. The zero-order chi connectivity index (χ0) is 23.4. The molecule has 0 aliphatic rings. The van der Waals surface area contributed by atoms with E-state index in [1.54, 1.807) is 23.5 Å². The van der Waals surface area contributed by atoms with Crippen LogP contribution in [0.4, 0.5) is 4.39 Å². The van der Waals surface area contributed by atoms with Crippen LogP contribution in [0.25, 0.3) is 5.69 Å². The summed E-state index contributed by atoms with van der Waals surface area (Å²) in [5.41, 5.74) is 2.82. The van der Waals surface area contributed by atoms with E-state index >= 15 is 0 Å². The van der Waals surface area contributed by atoms with Gasteiger partial charge < -0.3 is 5.32 Å². The maximum atomic E-state index is 13.3. The molecule has 4 rings (SSSR count). The summed E-state index contributed by atoms with van der Waals surface area (Å²) < 4.78 is 15.2. The Morgan fingerprint density at radius 3 is 2.73 bits per heavy atom. The molecule has 0 saturated heterocycles. The highest BCUT2D eigenvalue weighted by atomic mass is 35.5. The Hall–Kier alpha value is -2.68. The van der Waals surface area contributed by atoms with E-state index in [2.05, 4.69) is 15.5 Å². The lowest BCUT2D eigenvalue weighted by molar-refractivity contribution is -0.121. The third-order valence-electron chi connectivity index (χ3n) is 5.03. The minimum absolute atomic E-state index is 0.0807. The highest BCUT2D eigenvalue weighted by Crippen LogP contribution is 2.30. The molecule has 1 atom stereocenters. The third-order valence-corrected chi connectivity index (χ3v) is 7.14. The lowest BCUT2D eigenvalue weighted by Crippen LogP contribution is -2.29. The SMILES string of the molecule is Cc1ccc(Cl)cc1-n1c(SCc2ccc(F)cc2)nnc1C(C)NC(=O)Cc1cccs1. The van der Waals surface area contributed by atoms with Gasteiger partial charge in [0.15, 0.2) is 11.0 Å². The van der Waals surface area contributed by atoms with Crippen molar-refractivity contribution in [1.82, 2.24) is 20.1 Å². The zero-order valence-corrected chi connectivity index (χ0v) is 20.5. The fraction of sp³-hybridized carbons (Fsp3) is 0.208. The van der Waals surface area contributed by atoms with E-state index in [1.165, 1.54) is 23.9 Å². The molecule has 0 radical (unpaired) electrons. The molecule has 0 aliphatic carbocycles. The molecule has 5 nitrogen and oxygen atoms in total. The number of hydrogen-bond donors (Lipinski definition) is 1. The Labute approximate surface area is 205 Å². The van der Waals surface area contributed by atoms with Crippen LogP contribution >= 0.6 is 34.7 Å². The maximum Gasteiger partial charge on any atom is 0.225 e. The van der Waals surface area contributed by atoms with Gasteiger partial charge in [-0.3, -0.25) is 9.36 Å². The minimum Gasteiger partial charge on any atom is -0.346 e. The molecule has 0 bridgehead atoms. The van der Waals surface area contributed by atoms with Crippen molar-refractivity contribution in [1.29, 1.82) is 0 Å². The average Bonchev–Trinajstić information content (AvgIpc) is 3.45. The first-order chi connectivity index (χ1) is 15.9. The highest BCUT2D eigenvalue weighted by molar-refractivity contribution is 7.98. The second kappa shape index (κ2) is 10.5. The van der Waals surface area contributed by atoms with E-state index in [9.17, 15) is 9.18 Å². The van der Waals surface area contributed by atoms with Gasteiger partial charge in [-0.05, 0) is 60.7 Å². The Morgan fingerprint density at radius 2 is 2.00 bits per heavy atom. The van der Waals surface area contributed by atoms with Gasteiger partial charge in [0.05, 0.1) is 18.2 Å². The zero-order valence-electron chi connectivity index (χ0n) is 18.1. The summed E-state index contributed by atoms with van der Waals surface area (Å²) in [5, 5.41) is 15.1. The van der Waals surface area contributed by atoms with E-state index in [1.807, 2.05) is 54.1 Å². The van der Waals surface area contributed by atoms with Gasteiger partial charge in [0.2, 0.25) is 5.91 Å². The summed E-state index contributed by atoms with van der Waals surface area (Å²) in [6.07, 6.45) is 0.318. The summed E-state index contributed by atoms with van der Waals surface area (Å²) in [5.74, 6) is 0.858. The Balaban J connectivity index is 1.62. The predicted octanol–water partition coefficient (Wildman–Crippen LogP) is 6.14. The first-order valence-electron chi connectivity index (χ1n) is 10.3. The molecule has 0 fully saturated rings. The molecule has 2 aromatic carbocycles. The number of aromatic nitrogens is 3. The molecule has 4 aromatic rings. The second-order valence-electron chi connectivity index (χ2n) is 7.57. The van der Waals surface area contributed by atoms with Crippen molar-refractivity contribution in [3.8, 4) is 5.69 Å². The van der Waals surface area contributed by atoms with Gasteiger partial charge in [-0.25, -0.2) is 4.39 Å². The van der Waals surface area contributed by atoms with Gasteiger partial charge in [0, 0.05) is 15.7 Å². The minimum atomic E-state index is -0.372. The monoisotopic (exact) mass is 500 g/mol. The van der Waals surface area contributed by atoms with Gasteiger partial charge in [-0.1, -0.05) is 47.6 Å². The number of aryl methyl sites for hydroxylation is 1. The number of nitrogens with one attached hydrogen (secondary N) is 1. The average molecular weight is 501 g/mol. The van der Waals surface area contributed by atoms with E-state index in [0.717, 1.165) is 21.7 Å². The molecule has 0 spiro atoms. The smallest absolute Gasteiger partial charge is 0.225 e. The van der Waals surface area contributed by atoms with Crippen molar-refractivity contribution < 1.29 is 9.18 Å². The van der Waals surface area contributed by atoms with Crippen LogP contribution in [0.1, 0.15) is 34.8 Å². The second-order valence-corrected chi connectivity index (χ2v) is 9.98. The molecular formula is C24H22ClFN4OS2.